The van der Waals surface area contributed by atoms with Crippen molar-refractivity contribution in [1.82, 2.24) is 9.80 Å². The molecule has 0 bridgehead atoms. The molecule has 5 rings (SSSR count). The van der Waals surface area contributed by atoms with E-state index in [1.54, 1.807) is 42.3 Å². The fourth-order valence-corrected chi connectivity index (χ4v) is 5.91. The second kappa shape index (κ2) is 9.59. The number of urea groups is 1. The Bertz CT molecular complexity index is 1340. The van der Waals surface area contributed by atoms with Crippen LogP contribution in [0.25, 0.3) is 0 Å². The summed E-state index contributed by atoms with van der Waals surface area (Å²) in [4.78, 5) is 32.7. The lowest BCUT2D eigenvalue weighted by Gasteiger charge is -2.34. The summed E-state index contributed by atoms with van der Waals surface area (Å²) in [5.74, 6) is -0.577. The van der Waals surface area contributed by atoms with E-state index < -0.39 is 11.6 Å². The van der Waals surface area contributed by atoms with Crippen LogP contribution < -0.4 is 4.90 Å². The van der Waals surface area contributed by atoms with Crippen molar-refractivity contribution in [3.8, 4) is 6.07 Å². The highest BCUT2D eigenvalue weighted by Gasteiger charge is 2.64. The van der Waals surface area contributed by atoms with Gasteiger partial charge in [0.2, 0.25) is 0 Å². The van der Waals surface area contributed by atoms with Crippen LogP contribution >= 0.6 is 23.2 Å². The van der Waals surface area contributed by atoms with Crippen molar-refractivity contribution in [2.45, 2.75) is 17.9 Å². The van der Waals surface area contributed by atoms with Crippen LogP contribution in [0, 0.1) is 11.3 Å². The average molecular weight is 519 g/mol. The molecule has 182 valence electrons. The minimum absolute atomic E-state index is 0.276. The van der Waals surface area contributed by atoms with Gasteiger partial charge in [0.25, 0.3) is 5.91 Å². The van der Waals surface area contributed by atoms with Gasteiger partial charge in [0.1, 0.15) is 5.54 Å². The van der Waals surface area contributed by atoms with Gasteiger partial charge in [-0.25, -0.2) is 9.69 Å². The fraction of sp³-hybridized carbons (Fsp3) is 0.250. The molecule has 6 nitrogen and oxygen atoms in total. The van der Waals surface area contributed by atoms with Crippen LogP contribution in [0.15, 0.2) is 72.8 Å². The summed E-state index contributed by atoms with van der Waals surface area (Å²) in [7, 11) is 1.68. The number of halogens is 2. The maximum absolute atomic E-state index is 14.2. The number of amides is 3. The van der Waals surface area contributed by atoms with Crippen LogP contribution in [0.5, 0.6) is 0 Å². The molecule has 3 aromatic carbocycles. The van der Waals surface area contributed by atoms with E-state index in [2.05, 4.69) is 23.1 Å². The maximum Gasteiger partial charge on any atom is 0.332 e. The monoisotopic (exact) mass is 518 g/mol. The molecule has 3 aromatic rings. The van der Waals surface area contributed by atoms with Gasteiger partial charge in [0, 0.05) is 42.6 Å². The largest absolute Gasteiger partial charge is 0.332 e. The molecule has 2 fully saturated rings. The lowest BCUT2D eigenvalue weighted by Crippen LogP contribution is -2.53. The van der Waals surface area contributed by atoms with E-state index in [4.69, 9.17) is 23.2 Å². The first-order valence-corrected chi connectivity index (χ1v) is 12.4. The molecule has 3 amide bonds. The Balaban J connectivity index is 1.53. The predicted molar refractivity (Wildman–Crippen MR) is 140 cm³/mol. The summed E-state index contributed by atoms with van der Waals surface area (Å²) in [5.41, 5.74) is 1.93. The summed E-state index contributed by atoms with van der Waals surface area (Å²) in [5, 5.41) is 9.95. The summed E-state index contributed by atoms with van der Waals surface area (Å²) in [6, 6.07) is 23.9. The van der Waals surface area contributed by atoms with Crippen molar-refractivity contribution in [1.29, 1.82) is 5.26 Å². The Morgan fingerprint density at radius 2 is 1.67 bits per heavy atom. The number of likely N-dealkylation sites (tertiary alicyclic amines) is 1. The predicted octanol–water partition coefficient (Wildman–Crippen LogP) is 5.34. The van der Waals surface area contributed by atoms with E-state index in [1.165, 1.54) is 10.5 Å². The number of hydrogen-bond donors (Lipinski definition) is 0. The van der Waals surface area contributed by atoms with E-state index >= 15 is 0 Å². The van der Waals surface area contributed by atoms with Crippen LogP contribution in [0.3, 0.4) is 0 Å². The molecule has 8 heteroatoms. The molecule has 2 saturated heterocycles. The van der Waals surface area contributed by atoms with Crippen molar-refractivity contribution in [2.24, 2.45) is 0 Å². The van der Waals surface area contributed by atoms with Gasteiger partial charge in [-0.05, 0) is 47.9 Å². The quantitative estimate of drug-likeness (QED) is 0.427. The topological polar surface area (TPSA) is 67.7 Å². The highest BCUT2D eigenvalue weighted by atomic mass is 35.5. The van der Waals surface area contributed by atoms with Crippen molar-refractivity contribution >= 4 is 40.8 Å². The Labute approximate surface area is 220 Å². The molecule has 2 aliphatic rings. The molecule has 0 radical (unpaired) electrons. The Hall–Kier alpha value is -3.37. The molecule has 0 unspecified atom stereocenters. The molecule has 36 heavy (non-hydrogen) atoms. The summed E-state index contributed by atoms with van der Waals surface area (Å²) < 4.78 is 0. The number of imide groups is 1. The maximum atomic E-state index is 14.2. The first-order chi connectivity index (χ1) is 17.3. The van der Waals surface area contributed by atoms with Gasteiger partial charge >= 0.3 is 6.03 Å². The Morgan fingerprint density at radius 1 is 1.00 bits per heavy atom. The van der Waals surface area contributed by atoms with Gasteiger partial charge in [-0.15, -0.1) is 0 Å². The minimum Gasteiger partial charge on any atom is -0.310 e. The van der Waals surface area contributed by atoms with Crippen molar-refractivity contribution < 1.29 is 9.59 Å². The van der Waals surface area contributed by atoms with E-state index in [0.29, 0.717) is 34.4 Å². The Kier molecular flexibility index (Phi) is 6.48. The van der Waals surface area contributed by atoms with Gasteiger partial charge < -0.3 is 4.90 Å². The van der Waals surface area contributed by atoms with Crippen LogP contribution in [0.1, 0.15) is 22.6 Å². The second-order valence-electron chi connectivity index (χ2n) is 9.29. The average Bonchev–Trinajstić information content (AvgIpc) is 3.35. The van der Waals surface area contributed by atoms with Crippen molar-refractivity contribution in [3.63, 3.8) is 0 Å². The number of likely N-dealkylation sites (N-methyl/N-ethyl adjacent to an activating group) is 1. The number of rotatable bonds is 5. The summed E-state index contributed by atoms with van der Waals surface area (Å²) in [6.45, 7) is 1.75. The van der Waals surface area contributed by atoms with Gasteiger partial charge in [-0.2, -0.15) is 5.26 Å². The molecule has 0 aromatic heterocycles. The number of nitrogens with zero attached hydrogens (tertiary/aromatic N) is 4. The zero-order valence-corrected chi connectivity index (χ0v) is 21.2. The van der Waals surface area contributed by atoms with Crippen LogP contribution in [0.4, 0.5) is 10.5 Å². The molecular weight excluding hydrogens is 495 g/mol. The minimum atomic E-state index is -1.10. The van der Waals surface area contributed by atoms with Gasteiger partial charge in [0.05, 0.1) is 17.3 Å². The zero-order chi connectivity index (χ0) is 25.4. The molecular formula is C28H24Cl2N4O2. The highest BCUT2D eigenvalue weighted by molar-refractivity contribution is 6.35. The lowest BCUT2D eigenvalue weighted by atomic mass is 9.80. The third kappa shape index (κ3) is 4.14. The molecule has 2 atom stereocenters. The van der Waals surface area contributed by atoms with Crippen molar-refractivity contribution in [3.05, 3.63) is 99.5 Å². The molecule has 0 saturated carbocycles. The number of hydrogen-bond acceptors (Lipinski definition) is 4. The highest BCUT2D eigenvalue weighted by Crippen LogP contribution is 2.46. The van der Waals surface area contributed by atoms with Gasteiger partial charge in [-0.3, -0.25) is 9.69 Å². The van der Waals surface area contributed by atoms with Crippen LogP contribution in [0.2, 0.25) is 10.0 Å². The Morgan fingerprint density at radius 3 is 2.31 bits per heavy atom. The fourth-order valence-electron chi connectivity index (χ4n) is 5.40. The molecule has 2 heterocycles. The normalized spacial score (nSPS) is 22.0. The SMILES string of the molecule is CN1C(=O)N(c2cc(Cl)cc(Cl)c2)C(=O)[C@]12CN(CCc1ccccc1)C[C@H]2c1ccc(C#N)cc1. The first-order valence-electron chi connectivity index (χ1n) is 11.7. The zero-order valence-electron chi connectivity index (χ0n) is 19.7. The van der Waals surface area contributed by atoms with Crippen molar-refractivity contribution in [2.75, 3.05) is 31.6 Å². The smallest absolute Gasteiger partial charge is 0.310 e. The van der Waals surface area contributed by atoms with Gasteiger partial charge in [-0.1, -0.05) is 65.7 Å². The molecule has 2 aliphatic heterocycles. The molecule has 0 aliphatic carbocycles. The van der Waals surface area contributed by atoms with Crippen LogP contribution in [-0.4, -0.2) is 54.0 Å². The summed E-state index contributed by atoms with van der Waals surface area (Å²) >= 11 is 12.4. The number of anilines is 1. The number of carbonyl (C=O) groups excluding carboxylic acids is 2. The van der Waals surface area contributed by atoms with E-state index in [-0.39, 0.29) is 11.8 Å². The van der Waals surface area contributed by atoms with E-state index in [9.17, 15) is 14.9 Å². The first kappa shape index (κ1) is 24.3. The van der Waals surface area contributed by atoms with E-state index in [0.717, 1.165) is 18.5 Å². The third-order valence-corrected chi connectivity index (χ3v) is 7.68. The molecule has 1 spiro atoms. The third-order valence-electron chi connectivity index (χ3n) is 7.24. The lowest BCUT2D eigenvalue weighted by molar-refractivity contribution is -0.124. The standard InChI is InChI=1S/C28H24Cl2N4O2/c1-32-27(36)34(24-14-22(29)13-23(30)15-24)26(35)28(32)18-33(12-11-19-5-3-2-4-6-19)17-25(28)21-9-7-20(16-31)8-10-21/h2-10,13-15,25H,11-12,17-18H2,1H3/t25-,28+/m0/s1. The second-order valence-corrected chi connectivity index (χ2v) is 10.2. The van der Waals surface area contributed by atoms with Gasteiger partial charge in [0.15, 0.2) is 0 Å². The number of benzene rings is 3. The van der Waals surface area contributed by atoms with Crippen LogP contribution in [-0.2, 0) is 11.2 Å². The number of nitriles is 1. The molecule has 0 N–H and O–H groups in total. The summed E-state index contributed by atoms with van der Waals surface area (Å²) in [6.07, 6.45) is 0.830. The number of carbonyl (C=O) groups is 2. The van der Waals surface area contributed by atoms with E-state index in [1.807, 2.05) is 30.3 Å².